The second-order valence-corrected chi connectivity index (χ2v) is 8.81. The van der Waals surface area contributed by atoms with Gasteiger partial charge in [-0.15, -0.1) is 0 Å². The van der Waals surface area contributed by atoms with Gasteiger partial charge in [0.1, 0.15) is 0 Å². The van der Waals surface area contributed by atoms with E-state index in [9.17, 15) is 4.79 Å². The van der Waals surface area contributed by atoms with Gasteiger partial charge >= 0.3 is 13.1 Å². The Morgan fingerprint density at radius 2 is 1.66 bits per heavy atom. The van der Waals surface area contributed by atoms with Crippen LogP contribution in [0.15, 0.2) is 48.5 Å². The number of rotatable bonds is 6. The van der Waals surface area contributed by atoms with Gasteiger partial charge in [0.05, 0.1) is 24.2 Å². The minimum Gasteiger partial charge on any atom is -0.466 e. The Morgan fingerprint density at radius 1 is 1.03 bits per heavy atom. The van der Waals surface area contributed by atoms with E-state index in [4.69, 9.17) is 25.6 Å². The maximum absolute atomic E-state index is 12.4. The van der Waals surface area contributed by atoms with Crippen molar-refractivity contribution in [2.45, 2.75) is 58.1 Å². The fourth-order valence-electron chi connectivity index (χ4n) is 3.41. The molecule has 0 N–H and O–H groups in total. The molecule has 6 heteroatoms. The Labute approximate surface area is 178 Å². The molecule has 0 aromatic heterocycles. The van der Waals surface area contributed by atoms with Crippen molar-refractivity contribution in [3.63, 3.8) is 0 Å². The Morgan fingerprint density at radius 3 is 2.24 bits per heavy atom. The van der Waals surface area contributed by atoms with E-state index in [0.29, 0.717) is 11.6 Å². The topological polar surface area (TPSA) is 44.8 Å². The molecule has 1 unspecified atom stereocenters. The Balaban J connectivity index is 1.95. The van der Waals surface area contributed by atoms with Crippen LogP contribution in [0, 0.1) is 0 Å². The second-order valence-electron chi connectivity index (χ2n) is 8.37. The Kier molecular flexibility index (Phi) is 6.42. The molecule has 0 saturated carbocycles. The SMILES string of the molecule is CCOC(=O)CC(B1OC(C)(C)C(C)(C)O1)c1cccc(-c2ccc(Cl)cc2)c1. The lowest BCUT2D eigenvalue weighted by atomic mass is 9.66. The van der Waals surface area contributed by atoms with Crippen molar-refractivity contribution in [3.05, 3.63) is 59.1 Å². The van der Waals surface area contributed by atoms with E-state index in [1.165, 1.54) is 0 Å². The van der Waals surface area contributed by atoms with Crippen LogP contribution >= 0.6 is 11.6 Å². The number of benzene rings is 2. The molecule has 0 amide bonds. The quantitative estimate of drug-likeness (QED) is 0.451. The first-order valence-corrected chi connectivity index (χ1v) is 10.4. The van der Waals surface area contributed by atoms with E-state index in [2.05, 4.69) is 6.07 Å². The van der Waals surface area contributed by atoms with Crippen LogP contribution in [0.25, 0.3) is 11.1 Å². The molecule has 1 aliphatic rings. The molecule has 4 nitrogen and oxygen atoms in total. The zero-order chi connectivity index (χ0) is 21.2. The number of ether oxygens (including phenoxy) is 1. The molecule has 3 rings (SSSR count). The van der Waals surface area contributed by atoms with Crippen molar-refractivity contribution in [3.8, 4) is 11.1 Å². The van der Waals surface area contributed by atoms with Gasteiger partial charge in [-0.3, -0.25) is 4.79 Å². The summed E-state index contributed by atoms with van der Waals surface area (Å²) in [5.41, 5.74) is 2.13. The van der Waals surface area contributed by atoms with Gasteiger partial charge in [0, 0.05) is 10.8 Å². The summed E-state index contributed by atoms with van der Waals surface area (Å²) >= 11 is 6.02. The summed E-state index contributed by atoms with van der Waals surface area (Å²) in [5, 5.41) is 0.697. The van der Waals surface area contributed by atoms with E-state index >= 15 is 0 Å². The lowest BCUT2D eigenvalue weighted by Crippen LogP contribution is -2.41. The zero-order valence-electron chi connectivity index (χ0n) is 17.7. The summed E-state index contributed by atoms with van der Waals surface area (Å²) in [4.78, 5) is 12.4. The highest BCUT2D eigenvalue weighted by atomic mass is 35.5. The van der Waals surface area contributed by atoms with Crippen LogP contribution < -0.4 is 0 Å². The van der Waals surface area contributed by atoms with Gasteiger partial charge in [-0.05, 0) is 63.4 Å². The minimum atomic E-state index is -0.537. The average molecular weight is 415 g/mol. The van der Waals surface area contributed by atoms with Crippen molar-refractivity contribution < 1.29 is 18.8 Å². The fraction of sp³-hybridized carbons (Fsp3) is 0.435. The highest BCUT2D eigenvalue weighted by Gasteiger charge is 2.54. The van der Waals surface area contributed by atoms with E-state index in [1.54, 1.807) is 0 Å². The van der Waals surface area contributed by atoms with Gasteiger partial charge in [0.25, 0.3) is 0 Å². The largest absolute Gasteiger partial charge is 0.466 e. The average Bonchev–Trinajstić information content (AvgIpc) is 2.88. The van der Waals surface area contributed by atoms with E-state index in [0.717, 1.165) is 16.7 Å². The van der Waals surface area contributed by atoms with Crippen LogP contribution in [-0.4, -0.2) is 30.9 Å². The van der Waals surface area contributed by atoms with Crippen molar-refractivity contribution >= 4 is 24.7 Å². The van der Waals surface area contributed by atoms with Gasteiger partial charge in [-0.25, -0.2) is 0 Å². The highest BCUT2D eigenvalue weighted by molar-refractivity contribution is 6.48. The van der Waals surface area contributed by atoms with Gasteiger partial charge in [0.2, 0.25) is 0 Å². The van der Waals surface area contributed by atoms with Crippen molar-refractivity contribution in [1.82, 2.24) is 0 Å². The first-order chi connectivity index (χ1) is 13.6. The molecule has 2 aromatic rings. The molecule has 0 spiro atoms. The Hall–Kier alpha value is -1.82. The first-order valence-electron chi connectivity index (χ1n) is 10.00. The molecular formula is C23H28BClO4. The summed E-state index contributed by atoms with van der Waals surface area (Å²) in [7, 11) is -0.537. The maximum atomic E-state index is 12.4. The third-order valence-electron chi connectivity index (χ3n) is 5.78. The van der Waals surface area contributed by atoms with Crippen LogP contribution in [0.5, 0.6) is 0 Å². The van der Waals surface area contributed by atoms with Crippen molar-refractivity contribution in [2.24, 2.45) is 0 Å². The predicted octanol–water partition coefficient (Wildman–Crippen LogP) is 5.68. The molecule has 2 aromatic carbocycles. The molecule has 0 bridgehead atoms. The standard InChI is InChI=1S/C23H28BClO4/c1-6-27-21(26)15-20(24-28-22(2,3)23(4,5)29-24)18-9-7-8-17(14-18)16-10-12-19(25)13-11-16/h7-14,20H,6,15H2,1-5H3. The smallest absolute Gasteiger partial charge is 0.466 e. The third kappa shape index (κ3) is 4.85. The molecule has 1 fully saturated rings. The summed E-state index contributed by atoms with van der Waals surface area (Å²) in [6.07, 6.45) is 0.189. The summed E-state index contributed by atoms with van der Waals surface area (Å²) in [5.74, 6) is -0.536. The molecule has 1 saturated heterocycles. The first kappa shape index (κ1) is 21.9. The summed E-state index contributed by atoms with van der Waals surface area (Å²) < 4.78 is 17.8. The lowest BCUT2D eigenvalue weighted by molar-refractivity contribution is -0.143. The van der Waals surface area contributed by atoms with E-state index in [1.807, 2.05) is 77.1 Å². The maximum Gasteiger partial charge on any atom is 0.466 e. The fourth-order valence-corrected chi connectivity index (χ4v) is 3.54. The molecule has 1 aliphatic heterocycles. The Bertz CT molecular complexity index is 847. The van der Waals surface area contributed by atoms with E-state index in [-0.39, 0.29) is 18.2 Å². The number of hydrogen-bond acceptors (Lipinski definition) is 4. The van der Waals surface area contributed by atoms with Crippen LogP contribution in [0.4, 0.5) is 0 Å². The molecule has 0 radical (unpaired) electrons. The van der Waals surface area contributed by atoms with Crippen LogP contribution in [0.3, 0.4) is 0 Å². The monoisotopic (exact) mass is 414 g/mol. The lowest BCUT2D eigenvalue weighted by Gasteiger charge is -2.32. The van der Waals surface area contributed by atoms with E-state index < -0.39 is 18.3 Å². The van der Waals surface area contributed by atoms with Crippen LogP contribution in [0.1, 0.15) is 52.4 Å². The molecule has 1 atom stereocenters. The van der Waals surface area contributed by atoms with Crippen molar-refractivity contribution in [1.29, 1.82) is 0 Å². The number of hydrogen-bond donors (Lipinski definition) is 0. The molecular weight excluding hydrogens is 387 g/mol. The molecule has 29 heavy (non-hydrogen) atoms. The number of halogens is 1. The van der Waals surface area contributed by atoms with Crippen LogP contribution in [0.2, 0.25) is 5.02 Å². The minimum absolute atomic E-state index is 0.189. The zero-order valence-corrected chi connectivity index (χ0v) is 18.5. The molecule has 154 valence electrons. The molecule has 0 aliphatic carbocycles. The van der Waals surface area contributed by atoms with Gasteiger partial charge in [-0.1, -0.05) is 48.0 Å². The number of esters is 1. The molecule has 1 heterocycles. The predicted molar refractivity (Wildman–Crippen MR) is 117 cm³/mol. The van der Waals surface area contributed by atoms with Crippen molar-refractivity contribution in [2.75, 3.05) is 6.61 Å². The highest BCUT2D eigenvalue weighted by Crippen LogP contribution is 2.42. The van der Waals surface area contributed by atoms with Gasteiger partial charge < -0.3 is 14.0 Å². The summed E-state index contributed by atoms with van der Waals surface area (Å²) in [6, 6.07) is 15.8. The second kappa shape index (κ2) is 8.51. The summed E-state index contributed by atoms with van der Waals surface area (Å²) in [6.45, 7) is 10.2. The number of carbonyl (C=O) groups is 1. The normalized spacial score (nSPS) is 18.5. The van der Waals surface area contributed by atoms with Gasteiger partial charge in [0.15, 0.2) is 0 Å². The third-order valence-corrected chi connectivity index (χ3v) is 6.04. The van der Waals surface area contributed by atoms with Gasteiger partial charge in [-0.2, -0.15) is 0 Å². The van der Waals surface area contributed by atoms with Crippen LogP contribution in [-0.2, 0) is 18.8 Å². The number of carbonyl (C=O) groups excluding carboxylic acids is 1.